The second kappa shape index (κ2) is 8.52. The van der Waals surface area contributed by atoms with E-state index in [0.717, 1.165) is 31.6 Å². The van der Waals surface area contributed by atoms with Gasteiger partial charge in [0.15, 0.2) is 11.5 Å². The number of fused-ring (bicyclic) bond motifs is 1. The molecule has 5 rings (SSSR count). The van der Waals surface area contributed by atoms with Crippen LogP contribution in [0.5, 0.6) is 0 Å². The largest absolute Gasteiger partial charge is 0.392 e. The lowest BCUT2D eigenvalue weighted by molar-refractivity contribution is -0.148. The number of carbonyl (C=O) groups is 1. The highest BCUT2D eigenvalue weighted by Gasteiger charge is 2.56. The van der Waals surface area contributed by atoms with Gasteiger partial charge in [-0.15, -0.1) is 0 Å². The summed E-state index contributed by atoms with van der Waals surface area (Å²) < 4.78 is 56.7. The molecule has 1 saturated heterocycles. The zero-order chi connectivity index (χ0) is 26.0. The van der Waals surface area contributed by atoms with Crippen LogP contribution in [0, 0.1) is 11.7 Å². The molecule has 3 aromatic heterocycles. The zero-order valence-corrected chi connectivity index (χ0v) is 19.9. The molecule has 1 aliphatic carbocycles. The Balaban J connectivity index is 1.66. The van der Waals surface area contributed by atoms with Crippen molar-refractivity contribution in [1.29, 1.82) is 0 Å². The van der Waals surface area contributed by atoms with Crippen molar-refractivity contribution in [3.8, 4) is 11.1 Å². The lowest BCUT2D eigenvalue weighted by Gasteiger charge is -2.24. The minimum atomic E-state index is -4.35. The molecule has 4 heterocycles. The molecule has 2 unspecified atom stereocenters. The van der Waals surface area contributed by atoms with Crippen molar-refractivity contribution in [3.63, 3.8) is 0 Å². The minimum absolute atomic E-state index is 0.0422. The Morgan fingerprint density at radius 2 is 1.81 bits per heavy atom. The van der Waals surface area contributed by atoms with Crippen LogP contribution in [-0.2, 0) is 5.60 Å². The van der Waals surface area contributed by atoms with Crippen molar-refractivity contribution in [2.75, 3.05) is 13.1 Å². The molecule has 0 aromatic carbocycles. The number of nitrogens with zero attached hydrogens (tertiary/aromatic N) is 3. The maximum Gasteiger partial charge on any atom is 0.392 e. The highest BCUT2D eigenvalue weighted by Crippen LogP contribution is 2.55. The number of imidazole rings is 1. The fourth-order valence-corrected chi connectivity index (χ4v) is 5.19. The van der Waals surface area contributed by atoms with E-state index in [4.69, 9.17) is 5.73 Å². The first kappa shape index (κ1) is 24.6. The third-order valence-corrected chi connectivity index (χ3v) is 7.10. The first-order valence-corrected chi connectivity index (χ1v) is 11.9. The van der Waals surface area contributed by atoms with Crippen LogP contribution in [0.2, 0.25) is 0 Å². The third-order valence-electron chi connectivity index (χ3n) is 7.10. The molecule has 0 bridgehead atoms. The normalized spacial score (nSPS) is 21.2. The van der Waals surface area contributed by atoms with Gasteiger partial charge >= 0.3 is 6.18 Å². The maximum atomic E-state index is 15.9. The number of halogens is 4. The molecule has 0 spiro atoms. The summed E-state index contributed by atoms with van der Waals surface area (Å²) in [5.41, 5.74) is 4.69. The van der Waals surface area contributed by atoms with Gasteiger partial charge in [-0.2, -0.15) is 13.2 Å². The molecule has 11 heteroatoms. The SMILES string of the molecule is CC(C)(O)c1c(-c2ccc(C3CC3C(F)(F)F)nc2C(N)=O)cn2cc(C3CCNCC3)nc2c1F. The highest BCUT2D eigenvalue weighted by atomic mass is 19.4. The van der Waals surface area contributed by atoms with Crippen molar-refractivity contribution in [2.45, 2.75) is 56.7 Å². The number of nitrogens with one attached hydrogen (secondary N) is 1. The lowest BCUT2D eigenvalue weighted by atomic mass is 9.89. The van der Waals surface area contributed by atoms with Crippen LogP contribution >= 0.6 is 0 Å². The van der Waals surface area contributed by atoms with E-state index < -0.39 is 35.3 Å². The Morgan fingerprint density at radius 1 is 1.11 bits per heavy atom. The molecule has 192 valence electrons. The molecule has 1 amide bonds. The number of aliphatic hydroxyl groups is 1. The molecule has 2 atom stereocenters. The molecule has 7 nitrogen and oxygen atoms in total. The lowest BCUT2D eigenvalue weighted by Crippen LogP contribution is -2.26. The number of amides is 1. The molecule has 3 aromatic rings. The first-order valence-electron chi connectivity index (χ1n) is 11.9. The van der Waals surface area contributed by atoms with Gasteiger partial charge in [-0.3, -0.25) is 4.79 Å². The van der Waals surface area contributed by atoms with Crippen LogP contribution in [0.3, 0.4) is 0 Å². The maximum absolute atomic E-state index is 15.9. The van der Waals surface area contributed by atoms with Crippen molar-refractivity contribution >= 4 is 11.6 Å². The summed E-state index contributed by atoms with van der Waals surface area (Å²) in [4.78, 5) is 21.0. The van der Waals surface area contributed by atoms with Crippen LogP contribution in [0.25, 0.3) is 16.8 Å². The van der Waals surface area contributed by atoms with E-state index in [-0.39, 0.29) is 46.1 Å². The Hall–Kier alpha value is -3.05. The number of pyridine rings is 2. The standard InChI is InChI=1S/C25H27F4N5O2/c1-24(2,36)19-15(10-34-11-18(33-23(34)20(19)26)12-5-7-31-8-6-12)13-3-4-17(32-21(13)22(30)35)14-9-16(14)25(27,28)29/h3-4,10-12,14,16,31,36H,5-9H2,1-2H3,(H2,30,35). The van der Waals surface area contributed by atoms with E-state index in [2.05, 4.69) is 15.3 Å². The van der Waals surface area contributed by atoms with Crippen LogP contribution in [0.4, 0.5) is 17.6 Å². The molecule has 1 saturated carbocycles. The van der Waals surface area contributed by atoms with Gasteiger partial charge in [-0.05, 0) is 52.3 Å². The number of hydrogen-bond acceptors (Lipinski definition) is 5. The van der Waals surface area contributed by atoms with Gasteiger partial charge in [0.05, 0.1) is 17.2 Å². The number of rotatable bonds is 5. The van der Waals surface area contributed by atoms with E-state index >= 15 is 4.39 Å². The Morgan fingerprint density at radius 3 is 2.39 bits per heavy atom. The summed E-state index contributed by atoms with van der Waals surface area (Å²) in [6.45, 7) is 4.48. The van der Waals surface area contributed by atoms with Crippen LogP contribution in [0.1, 0.15) is 72.4 Å². The zero-order valence-electron chi connectivity index (χ0n) is 19.9. The van der Waals surface area contributed by atoms with Crippen molar-refractivity contribution in [3.05, 3.63) is 53.0 Å². The van der Waals surface area contributed by atoms with E-state index in [9.17, 15) is 23.1 Å². The Labute approximate surface area is 204 Å². The van der Waals surface area contributed by atoms with Crippen LogP contribution in [0.15, 0.2) is 24.5 Å². The van der Waals surface area contributed by atoms with E-state index in [1.54, 1.807) is 12.4 Å². The first-order chi connectivity index (χ1) is 16.9. The minimum Gasteiger partial charge on any atom is -0.386 e. The summed E-state index contributed by atoms with van der Waals surface area (Å²) in [6.07, 6.45) is 0.533. The van der Waals surface area contributed by atoms with E-state index in [1.807, 2.05) is 0 Å². The number of piperidine rings is 1. The van der Waals surface area contributed by atoms with Crippen LogP contribution < -0.4 is 11.1 Å². The summed E-state index contributed by atoms with van der Waals surface area (Å²) in [5.74, 6) is -3.93. The molecule has 36 heavy (non-hydrogen) atoms. The highest BCUT2D eigenvalue weighted by molar-refractivity contribution is 5.98. The van der Waals surface area contributed by atoms with Gasteiger partial charge in [-0.1, -0.05) is 6.07 Å². The molecule has 1 aliphatic heterocycles. The molecule has 0 radical (unpaired) electrons. The monoisotopic (exact) mass is 505 g/mol. The fraction of sp³-hybridized carbons (Fsp3) is 0.480. The summed E-state index contributed by atoms with van der Waals surface area (Å²) in [7, 11) is 0. The Bertz CT molecular complexity index is 1340. The third kappa shape index (κ3) is 4.34. The molecular weight excluding hydrogens is 478 g/mol. The second-order valence-electron chi connectivity index (χ2n) is 10.2. The number of hydrogen-bond donors (Lipinski definition) is 3. The summed E-state index contributed by atoms with van der Waals surface area (Å²) in [6, 6.07) is 2.83. The van der Waals surface area contributed by atoms with E-state index in [1.165, 1.54) is 30.4 Å². The van der Waals surface area contributed by atoms with E-state index in [0.29, 0.717) is 0 Å². The van der Waals surface area contributed by atoms with Gasteiger partial charge in [0.2, 0.25) is 0 Å². The fourth-order valence-electron chi connectivity index (χ4n) is 5.19. The molecule has 2 aliphatic rings. The summed E-state index contributed by atoms with van der Waals surface area (Å²) >= 11 is 0. The number of primary amides is 1. The average molecular weight is 506 g/mol. The molecule has 4 N–H and O–H groups in total. The summed E-state index contributed by atoms with van der Waals surface area (Å²) in [5, 5.41) is 14.2. The molecule has 2 fully saturated rings. The predicted octanol–water partition coefficient (Wildman–Crippen LogP) is 3.99. The van der Waals surface area contributed by atoms with Gasteiger partial charge in [0, 0.05) is 46.6 Å². The van der Waals surface area contributed by atoms with Gasteiger partial charge in [-0.25, -0.2) is 14.4 Å². The van der Waals surface area contributed by atoms with Crippen molar-refractivity contribution in [1.82, 2.24) is 19.7 Å². The molecular formula is C25H27F4N5O2. The second-order valence-corrected chi connectivity index (χ2v) is 10.2. The number of carbonyl (C=O) groups excluding carboxylic acids is 1. The topological polar surface area (TPSA) is 106 Å². The smallest absolute Gasteiger partial charge is 0.386 e. The van der Waals surface area contributed by atoms with Crippen molar-refractivity contribution < 1.29 is 27.5 Å². The Kier molecular flexibility index (Phi) is 5.83. The van der Waals surface area contributed by atoms with Gasteiger partial charge in [0.1, 0.15) is 5.69 Å². The van der Waals surface area contributed by atoms with Gasteiger partial charge in [0.25, 0.3) is 5.91 Å². The average Bonchev–Trinajstić information content (AvgIpc) is 3.51. The quantitative estimate of drug-likeness (QED) is 0.455. The van der Waals surface area contributed by atoms with Crippen LogP contribution in [-0.4, -0.2) is 44.6 Å². The van der Waals surface area contributed by atoms with Gasteiger partial charge < -0.3 is 20.6 Å². The number of aromatic nitrogens is 3. The number of nitrogens with two attached hydrogens (primary N) is 1. The number of alkyl halides is 3. The predicted molar refractivity (Wildman–Crippen MR) is 124 cm³/mol. The van der Waals surface area contributed by atoms with Crippen molar-refractivity contribution in [2.24, 2.45) is 11.7 Å².